The summed E-state index contributed by atoms with van der Waals surface area (Å²) in [6.07, 6.45) is 1.74. The van der Waals surface area contributed by atoms with Crippen molar-refractivity contribution in [1.82, 2.24) is 24.6 Å². The van der Waals surface area contributed by atoms with E-state index in [1.54, 1.807) is 21.9 Å². The minimum absolute atomic E-state index is 0.0236. The smallest absolute Gasteiger partial charge is 0.410 e. The lowest BCUT2D eigenvalue weighted by molar-refractivity contribution is -0.121. The Kier molecular flexibility index (Phi) is 11.6. The maximum Gasteiger partial charge on any atom is 0.410 e. The Hall–Kier alpha value is -4.55. The van der Waals surface area contributed by atoms with Crippen LogP contribution in [0.4, 0.5) is 19.7 Å². The molecular weight excluding hydrogens is 687 g/mol. The average molecular weight is 743 g/mol. The van der Waals surface area contributed by atoms with Crippen LogP contribution >= 0.6 is 0 Å². The Balaban J connectivity index is 1.16. The first kappa shape index (κ1) is 39.2. The van der Waals surface area contributed by atoms with Crippen LogP contribution in [0.5, 0.6) is 0 Å². The monoisotopic (exact) mass is 742 g/mol. The van der Waals surface area contributed by atoms with Crippen molar-refractivity contribution in [2.24, 2.45) is 0 Å². The van der Waals surface area contributed by atoms with Crippen molar-refractivity contribution >= 4 is 23.8 Å². The van der Waals surface area contributed by atoms with E-state index in [-0.39, 0.29) is 60.6 Å². The zero-order valence-corrected chi connectivity index (χ0v) is 32.8. The number of pyridine rings is 1. The molecule has 2 aromatic carbocycles. The summed E-state index contributed by atoms with van der Waals surface area (Å²) in [6.45, 7) is 18.0. The Labute approximate surface area is 319 Å². The standard InChI is InChI=1S/C42H55FN6O5/c1-29-22-46(39(51)53-27-32-11-9-8-10-12-32)18-17-45(29)24-35-25-48(40(52)54-41(3,4)5)30(2)23-47(35)26-37(50)49-28-42(6,7)38-36(49)20-33(21-44-38)19-31-13-15-34(43)16-14-31/h8-16,20-21,29-30,35H,17-19,22-28H2,1-7H3/t29-,30?,35?/m1/s1. The van der Waals surface area contributed by atoms with Gasteiger partial charge in [0.15, 0.2) is 0 Å². The summed E-state index contributed by atoms with van der Waals surface area (Å²) in [4.78, 5) is 55.6. The number of amides is 3. The fourth-order valence-corrected chi connectivity index (χ4v) is 7.76. The van der Waals surface area contributed by atoms with Crippen LogP contribution in [0, 0.1) is 5.82 Å². The molecule has 290 valence electrons. The highest BCUT2D eigenvalue weighted by Gasteiger charge is 2.43. The lowest BCUT2D eigenvalue weighted by Gasteiger charge is -2.48. The number of halogens is 1. The minimum Gasteiger partial charge on any atom is -0.445 e. The van der Waals surface area contributed by atoms with E-state index in [9.17, 15) is 18.8 Å². The molecule has 3 aliphatic heterocycles. The summed E-state index contributed by atoms with van der Waals surface area (Å²) >= 11 is 0. The van der Waals surface area contributed by atoms with Gasteiger partial charge in [-0.15, -0.1) is 0 Å². The van der Waals surface area contributed by atoms with E-state index in [2.05, 4.69) is 30.6 Å². The molecule has 3 aliphatic rings. The molecule has 3 amide bonds. The zero-order valence-electron chi connectivity index (χ0n) is 32.8. The van der Waals surface area contributed by atoms with E-state index < -0.39 is 5.60 Å². The van der Waals surface area contributed by atoms with E-state index in [1.807, 2.05) is 75.2 Å². The molecular formula is C42H55FN6O5. The average Bonchev–Trinajstić information content (AvgIpc) is 3.39. The summed E-state index contributed by atoms with van der Waals surface area (Å²) in [5, 5.41) is 0. The summed E-state index contributed by atoms with van der Waals surface area (Å²) < 4.78 is 25.0. The van der Waals surface area contributed by atoms with E-state index in [0.29, 0.717) is 52.2 Å². The van der Waals surface area contributed by atoms with E-state index >= 15 is 0 Å². The molecule has 0 bridgehead atoms. The maximum atomic E-state index is 14.4. The van der Waals surface area contributed by atoms with Gasteiger partial charge >= 0.3 is 12.2 Å². The van der Waals surface area contributed by atoms with Crippen LogP contribution in [0.25, 0.3) is 0 Å². The fraction of sp³-hybridized carbons (Fsp3) is 0.524. The lowest BCUT2D eigenvalue weighted by Crippen LogP contribution is -2.65. The molecule has 0 radical (unpaired) electrons. The predicted molar refractivity (Wildman–Crippen MR) is 206 cm³/mol. The number of piperazine rings is 2. The third-order valence-electron chi connectivity index (χ3n) is 10.6. The number of nitrogens with zero attached hydrogens (tertiary/aromatic N) is 6. The van der Waals surface area contributed by atoms with Crippen molar-refractivity contribution in [1.29, 1.82) is 0 Å². The van der Waals surface area contributed by atoms with E-state index in [0.717, 1.165) is 28.1 Å². The van der Waals surface area contributed by atoms with Crippen LogP contribution in [-0.2, 0) is 32.7 Å². The highest BCUT2D eigenvalue weighted by molar-refractivity contribution is 5.97. The molecule has 1 aromatic heterocycles. The van der Waals surface area contributed by atoms with Crippen LogP contribution < -0.4 is 4.90 Å². The number of hydrogen-bond donors (Lipinski definition) is 0. The van der Waals surface area contributed by atoms with Crippen LogP contribution in [0.1, 0.15) is 70.9 Å². The number of anilines is 1. The normalized spacial score (nSPS) is 21.9. The highest BCUT2D eigenvalue weighted by Crippen LogP contribution is 2.40. The van der Waals surface area contributed by atoms with E-state index in [1.165, 1.54) is 12.1 Å². The van der Waals surface area contributed by atoms with Gasteiger partial charge in [-0.05, 0) is 75.9 Å². The van der Waals surface area contributed by atoms with Crippen molar-refractivity contribution in [2.75, 3.05) is 57.3 Å². The molecule has 0 N–H and O–H groups in total. The Morgan fingerprint density at radius 2 is 1.59 bits per heavy atom. The molecule has 6 rings (SSSR count). The lowest BCUT2D eigenvalue weighted by atomic mass is 9.91. The molecule has 2 unspecified atom stereocenters. The second-order valence-corrected chi connectivity index (χ2v) is 16.8. The Morgan fingerprint density at radius 3 is 2.28 bits per heavy atom. The third-order valence-corrected chi connectivity index (χ3v) is 10.6. The van der Waals surface area contributed by atoms with Crippen molar-refractivity contribution in [3.63, 3.8) is 0 Å². The van der Waals surface area contributed by atoms with Crippen molar-refractivity contribution in [2.45, 2.75) is 90.6 Å². The third kappa shape index (κ3) is 9.38. The fourth-order valence-electron chi connectivity index (χ4n) is 7.76. The maximum absolute atomic E-state index is 14.4. The summed E-state index contributed by atoms with van der Waals surface area (Å²) in [7, 11) is 0. The molecule has 11 nitrogen and oxygen atoms in total. The molecule has 2 saturated heterocycles. The summed E-state index contributed by atoms with van der Waals surface area (Å²) in [5.41, 5.74) is 3.57. The van der Waals surface area contributed by atoms with Gasteiger partial charge in [0.2, 0.25) is 5.91 Å². The number of aromatic nitrogens is 1. The molecule has 0 aliphatic carbocycles. The topological polar surface area (TPSA) is 98.8 Å². The van der Waals surface area contributed by atoms with Gasteiger partial charge in [-0.3, -0.25) is 19.6 Å². The molecule has 54 heavy (non-hydrogen) atoms. The molecule has 2 fully saturated rings. The number of carbonyl (C=O) groups is 3. The molecule has 12 heteroatoms. The minimum atomic E-state index is -0.640. The molecule has 3 atom stereocenters. The largest absolute Gasteiger partial charge is 0.445 e. The quantitative estimate of drug-likeness (QED) is 0.274. The van der Waals surface area contributed by atoms with Crippen LogP contribution in [0.2, 0.25) is 0 Å². The van der Waals surface area contributed by atoms with Gasteiger partial charge in [0.25, 0.3) is 0 Å². The van der Waals surface area contributed by atoms with Crippen molar-refractivity contribution < 1.29 is 28.2 Å². The van der Waals surface area contributed by atoms with Crippen molar-refractivity contribution in [3.05, 3.63) is 95.1 Å². The van der Waals surface area contributed by atoms with Gasteiger partial charge in [0, 0.05) is 75.6 Å². The van der Waals surface area contributed by atoms with Crippen LogP contribution in [0.3, 0.4) is 0 Å². The van der Waals surface area contributed by atoms with Crippen molar-refractivity contribution in [3.8, 4) is 0 Å². The first-order valence-corrected chi connectivity index (χ1v) is 19.0. The first-order valence-electron chi connectivity index (χ1n) is 19.0. The van der Waals surface area contributed by atoms with Gasteiger partial charge in [-0.25, -0.2) is 14.0 Å². The number of benzene rings is 2. The second-order valence-electron chi connectivity index (χ2n) is 16.8. The van der Waals surface area contributed by atoms with Gasteiger partial charge in [-0.2, -0.15) is 0 Å². The molecule has 0 saturated carbocycles. The number of ether oxygens (including phenoxy) is 2. The van der Waals surface area contributed by atoms with Gasteiger partial charge < -0.3 is 24.2 Å². The first-order chi connectivity index (χ1) is 25.6. The SMILES string of the molecule is CC1CN(CC(=O)N2CC(C)(C)c3ncc(Cc4ccc(F)cc4)cc32)C(CN2CCN(C(=O)OCc3ccccc3)C[C@H]2C)CN1C(=O)OC(C)(C)C. The molecule has 4 heterocycles. The number of fused-ring (bicyclic) bond motifs is 1. The number of carbonyl (C=O) groups excluding carboxylic acids is 3. The van der Waals surface area contributed by atoms with Gasteiger partial charge in [-0.1, -0.05) is 56.3 Å². The van der Waals surface area contributed by atoms with Crippen LogP contribution in [-0.4, -0.2) is 119 Å². The van der Waals surface area contributed by atoms with Gasteiger partial charge in [0.05, 0.1) is 17.9 Å². The Morgan fingerprint density at radius 1 is 0.870 bits per heavy atom. The zero-order chi connectivity index (χ0) is 38.8. The molecule has 0 spiro atoms. The van der Waals surface area contributed by atoms with E-state index in [4.69, 9.17) is 14.5 Å². The summed E-state index contributed by atoms with van der Waals surface area (Å²) in [6, 6.07) is 17.8. The van der Waals surface area contributed by atoms with Gasteiger partial charge in [0.1, 0.15) is 18.0 Å². The second kappa shape index (κ2) is 16.0. The number of rotatable bonds is 8. The molecule has 3 aromatic rings. The summed E-state index contributed by atoms with van der Waals surface area (Å²) in [5.74, 6) is -0.302. The van der Waals surface area contributed by atoms with Crippen LogP contribution in [0.15, 0.2) is 66.9 Å². The highest BCUT2D eigenvalue weighted by atomic mass is 19.1. The Bertz CT molecular complexity index is 1800. The predicted octanol–water partition coefficient (Wildman–Crippen LogP) is 6.09. The number of hydrogen-bond acceptors (Lipinski definition) is 8.